The number of carbonyl (C=O) groups is 1. The lowest BCUT2D eigenvalue weighted by Crippen LogP contribution is -2.68. The second-order valence-electron chi connectivity index (χ2n) is 4.60. The Balaban J connectivity index is 2.02. The summed E-state index contributed by atoms with van der Waals surface area (Å²) in [6.45, 7) is 0.416. The van der Waals surface area contributed by atoms with Crippen LogP contribution in [0, 0.1) is 5.41 Å². The molecule has 3 nitrogen and oxygen atoms in total. The predicted octanol–water partition coefficient (Wildman–Crippen LogP) is 1.84. The predicted molar refractivity (Wildman–Crippen MR) is 51.9 cm³/mol. The number of rotatable bonds is 0. The SMILES string of the molecule is CNC(=O)N1CC2(CCCCC2(F)F)C1. The molecule has 1 heterocycles. The molecule has 2 fully saturated rings. The van der Waals surface area contributed by atoms with Crippen molar-refractivity contribution < 1.29 is 13.6 Å². The van der Waals surface area contributed by atoms with E-state index < -0.39 is 11.3 Å². The van der Waals surface area contributed by atoms with E-state index in [2.05, 4.69) is 5.32 Å². The first-order valence-corrected chi connectivity index (χ1v) is 5.35. The summed E-state index contributed by atoms with van der Waals surface area (Å²) in [5.74, 6) is -2.59. The van der Waals surface area contributed by atoms with E-state index in [1.165, 1.54) is 11.9 Å². The van der Waals surface area contributed by atoms with Crippen LogP contribution in [0.2, 0.25) is 0 Å². The number of alkyl halides is 2. The first-order chi connectivity index (χ1) is 7.01. The van der Waals surface area contributed by atoms with Crippen molar-refractivity contribution in [2.24, 2.45) is 5.41 Å². The van der Waals surface area contributed by atoms with Gasteiger partial charge in [0.05, 0.1) is 5.41 Å². The zero-order valence-electron chi connectivity index (χ0n) is 8.85. The lowest BCUT2D eigenvalue weighted by molar-refractivity contribution is -0.200. The van der Waals surface area contributed by atoms with Gasteiger partial charge in [0.1, 0.15) is 0 Å². The Hall–Kier alpha value is -0.870. The molecule has 1 spiro atoms. The first kappa shape index (κ1) is 10.6. The summed E-state index contributed by atoms with van der Waals surface area (Å²) in [7, 11) is 1.52. The van der Waals surface area contributed by atoms with Crippen molar-refractivity contribution in [2.45, 2.75) is 31.6 Å². The molecule has 0 atom stereocenters. The number of carbonyl (C=O) groups excluding carboxylic acids is 1. The summed E-state index contributed by atoms with van der Waals surface area (Å²) in [5.41, 5.74) is -0.919. The Bertz CT molecular complexity index is 275. The van der Waals surface area contributed by atoms with Gasteiger partial charge in [0.2, 0.25) is 0 Å². The van der Waals surface area contributed by atoms with Crippen molar-refractivity contribution in [1.82, 2.24) is 10.2 Å². The van der Waals surface area contributed by atoms with Crippen LogP contribution in [-0.2, 0) is 0 Å². The van der Waals surface area contributed by atoms with Crippen LogP contribution >= 0.6 is 0 Å². The number of amides is 2. The molecule has 1 N–H and O–H groups in total. The monoisotopic (exact) mass is 218 g/mol. The zero-order chi connectivity index (χ0) is 11.1. The average Bonchev–Trinajstić information content (AvgIpc) is 2.13. The minimum absolute atomic E-state index is 0.0193. The summed E-state index contributed by atoms with van der Waals surface area (Å²) in [6, 6.07) is -0.248. The standard InChI is InChI=1S/C10H16F2N2O/c1-13-8(15)14-6-9(7-14)4-2-3-5-10(9,11)12/h2-7H2,1H3,(H,13,15). The summed E-state index contributed by atoms with van der Waals surface area (Å²) in [5, 5.41) is 2.46. The highest BCUT2D eigenvalue weighted by Crippen LogP contribution is 2.53. The van der Waals surface area contributed by atoms with E-state index in [1.807, 2.05) is 0 Å². The Morgan fingerprint density at radius 2 is 1.87 bits per heavy atom. The molecule has 0 aromatic carbocycles. The first-order valence-electron chi connectivity index (χ1n) is 5.35. The second kappa shape index (κ2) is 3.32. The largest absolute Gasteiger partial charge is 0.341 e. The lowest BCUT2D eigenvalue weighted by atomic mass is 9.66. The van der Waals surface area contributed by atoms with Crippen LogP contribution in [0.1, 0.15) is 25.7 Å². The molecule has 1 aliphatic carbocycles. The van der Waals surface area contributed by atoms with E-state index in [0.717, 1.165) is 6.42 Å². The maximum absolute atomic E-state index is 13.7. The summed E-state index contributed by atoms with van der Waals surface area (Å²) >= 11 is 0. The summed E-state index contributed by atoms with van der Waals surface area (Å²) < 4.78 is 27.4. The van der Waals surface area contributed by atoms with Gasteiger partial charge in [-0.3, -0.25) is 0 Å². The van der Waals surface area contributed by atoms with Gasteiger partial charge in [0.25, 0.3) is 5.92 Å². The molecule has 0 radical (unpaired) electrons. The maximum Gasteiger partial charge on any atom is 0.317 e. The van der Waals surface area contributed by atoms with Crippen LogP contribution < -0.4 is 5.32 Å². The highest BCUT2D eigenvalue weighted by Gasteiger charge is 2.61. The summed E-state index contributed by atoms with van der Waals surface area (Å²) in [6.07, 6.45) is 1.99. The molecule has 0 bridgehead atoms. The Labute approximate surface area is 87.8 Å². The molecule has 0 aromatic heterocycles. The molecule has 2 aliphatic rings. The molecule has 15 heavy (non-hydrogen) atoms. The fraction of sp³-hybridized carbons (Fsp3) is 0.900. The van der Waals surface area contributed by atoms with Crippen molar-refractivity contribution in [3.05, 3.63) is 0 Å². The smallest absolute Gasteiger partial charge is 0.317 e. The normalized spacial score (nSPS) is 27.3. The van der Waals surface area contributed by atoms with Crippen LogP contribution in [-0.4, -0.2) is 37.0 Å². The molecule has 2 rings (SSSR count). The second-order valence-corrected chi connectivity index (χ2v) is 4.60. The van der Waals surface area contributed by atoms with Crippen molar-refractivity contribution >= 4 is 6.03 Å². The van der Waals surface area contributed by atoms with Gasteiger partial charge in [0.15, 0.2) is 0 Å². The van der Waals surface area contributed by atoms with Gasteiger partial charge in [-0.2, -0.15) is 0 Å². The molecular formula is C10H16F2N2O. The summed E-state index contributed by atoms with van der Waals surface area (Å²) in [4.78, 5) is 12.7. The van der Waals surface area contributed by atoms with Crippen molar-refractivity contribution in [2.75, 3.05) is 20.1 Å². The van der Waals surface area contributed by atoms with Gasteiger partial charge in [-0.15, -0.1) is 0 Å². The topological polar surface area (TPSA) is 32.3 Å². The fourth-order valence-corrected chi connectivity index (χ4v) is 2.63. The third kappa shape index (κ3) is 1.48. The van der Waals surface area contributed by atoms with Gasteiger partial charge >= 0.3 is 6.03 Å². The van der Waals surface area contributed by atoms with Crippen LogP contribution in [0.15, 0.2) is 0 Å². The third-order valence-corrected chi connectivity index (χ3v) is 3.66. The van der Waals surface area contributed by atoms with Gasteiger partial charge < -0.3 is 10.2 Å². The van der Waals surface area contributed by atoms with Gasteiger partial charge in [-0.05, 0) is 12.8 Å². The van der Waals surface area contributed by atoms with E-state index in [9.17, 15) is 13.6 Å². The number of likely N-dealkylation sites (tertiary alicyclic amines) is 1. The number of urea groups is 1. The number of hydrogen-bond acceptors (Lipinski definition) is 1. The van der Waals surface area contributed by atoms with E-state index in [4.69, 9.17) is 0 Å². The van der Waals surface area contributed by atoms with E-state index in [1.54, 1.807) is 0 Å². The number of halogens is 2. The average molecular weight is 218 g/mol. The van der Waals surface area contributed by atoms with E-state index >= 15 is 0 Å². The Morgan fingerprint density at radius 1 is 1.27 bits per heavy atom. The fourth-order valence-electron chi connectivity index (χ4n) is 2.63. The highest BCUT2D eigenvalue weighted by atomic mass is 19.3. The third-order valence-electron chi connectivity index (χ3n) is 3.66. The van der Waals surface area contributed by atoms with Crippen molar-refractivity contribution in [1.29, 1.82) is 0 Å². The Kier molecular flexibility index (Phi) is 2.35. The van der Waals surface area contributed by atoms with Gasteiger partial charge in [0, 0.05) is 26.6 Å². The van der Waals surface area contributed by atoms with Crippen LogP contribution in [0.5, 0.6) is 0 Å². The minimum Gasteiger partial charge on any atom is -0.341 e. The highest BCUT2D eigenvalue weighted by molar-refractivity contribution is 5.75. The minimum atomic E-state index is -2.59. The molecule has 86 valence electrons. The molecule has 0 aromatic rings. The van der Waals surface area contributed by atoms with Gasteiger partial charge in [-0.25, -0.2) is 13.6 Å². The molecule has 1 saturated heterocycles. The Morgan fingerprint density at radius 3 is 2.40 bits per heavy atom. The van der Waals surface area contributed by atoms with Crippen LogP contribution in [0.25, 0.3) is 0 Å². The van der Waals surface area contributed by atoms with E-state index in [-0.39, 0.29) is 25.5 Å². The number of nitrogens with one attached hydrogen (secondary N) is 1. The quantitative estimate of drug-likeness (QED) is 0.661. The van der Waals surface area contributed by atoms with Crippen LogP contribution in [0.3, 0.4) is 0 Å². The number of nitrogens with zero attached hydrogens (tertiary/aromatic N) is 1. The molecular weight excluding hydrogens is 202 g/mol. The zero-order valence-corrected chi connectivity index (χ0v) is 8.85. The van der Waals surface area contributed by atoms with E-state index in [0.29, 0.717) is 12.8 Å². The molecule has 1 aliphatic heterocycles. The van der Waals surface area contributed by atoms with Gasteiger partial charge in [-0.1, -0.05) is 6.42 Å². The van der Waals surface area contributed by atoms with Crippen molar-refractivity contribution in [3.63, 3.8) is 0 Å². The molecule has 1 saturated carbocycles. The molecule has 5 heteroatoms. The molecule has 0 unspecified atom stereocenters. The molecule has 2 amide bonds. The van der Waals surface area contributed by atoms with Crippen LogP contribution in [0.4, 0.5) is 13.6 Å². The maximum atomic E-state index is 13.7. The van der Waals surface area contributed by atoms with Crippen molar-refractivity contribution in [3.8, 4) is 0 Å². The number of hydrogen-bond donors (Lipinski definition) is 1. The lowest BCUT2D eigenvalue weighted by Gasteiger charge is -2.55.